The molecule has 0 radical (unpaired) electrons. The van der Waals surface area contributed by atoms with E-state index in [0.29, 0.717) is 13.2 Å². The van der Waals surface area contributed by atoms with Crippen LogP contribution >= 0.6 is 0 Å². The molecule has 12 heavy (non-hydrogen) atoms. The zero-order chi connectivity index (χ0) is 8.81. The third-order valence-corrected chi connectivity index (χ3v) is 1.58. The van der Waals surface area contributed by atoms with Crippen LogP contribution in [-0.2, 0) is 4.74 Å². The predicted octanol–water partition coefficient (Wildman–Crippen LogP) is -0.761. The van der Waals surface area contributed by atoms with Crippen molar-refractivity contribution >= 4 is 0 Å². The first-order valence-electron chi connectivity index (χ1n) is 3.75. The molecule has 5 nitrogen and oxygen atoms in total. The normalized spacial score (nSPS) is 18.6. The van der Waals surface area contributed by atoms with E-state index >= 15 is 0 Å². The molecule has 1 fully saturated rings. The molecule has 0 aromatic carbocycles. The van der Waals surface area contributed by atoms with Crippen molar-refractivity contribution in [3.63, 3.8) is 0 Å². The van der Waals surface area contributed by atoms with E-state index in [4.69, 9.17) is 15.3 Å². The van der Waals surface area contributed by atoms with E-state index in [0.717, 1.165) is 13.1 Å². The fourth-order valence-corrected chi connectivity index (χ4v) is 0.962. The van der Waals surface area contributed by atoms with Crippen LogP contribution in [0.3, 0.4) is 0 Å². The molecule has 1 rings (SSSR count). The molecule has 5 heteroatoms. The number of ether oxygens (including phenoxy) is 1. The number of hydrogen-bond acceptors (Lipinski definition) is 5. The van der Waals surface area contributed by atoms with E-state index in [-0.39, 0.29) is 0 Å². The quantitative estimate of drug-likeness (QED) is 0.583. The Labute approximate surface area is 71.1 Å². The van der Waals surface area contributed by atoms with Crippen molar-refractivity contribution in [2.24, 2.45) is 0 Å². The third kappa shape index (κ3) is 2.48. The molecule has 0 saturated carbocycles. The minimum Gasteiger partial charge on any atom is -0.379 e. The first-order valence-corrected chi connectivity index (χ1v) is 3.75. The van der Waals surface area contributed by atoms with Crippen molar-refractivity contribution < 1.29 is 4.74 Å². The lowest BCUT2D eigenvalue weighted by atomic mass is 10.4. The van der Waals surface area contributed by atoms with E-state index < -0.39 is 6.04 Å². The molecule has 0 bridgehead atoms. The Morgan fingerprint density at radius 1 is 1.25 bits per heavy atom. The zero-order valence-electron chi connectivity index (χ0n) is 6.66. The minimum absolute atomic E-state index is 0.649. The molecule has 64 valence electrons. The number of morpholine rings is 1. The number of rotatable bonds is 2. The molecule has 0 aliphatic carbocycles. The van der Waals surface area contributed by atoms with Crippen LogP contribution in [0.2, 0.25) is 0 Å². The SMILES string of the molecule is N#CC(C#N)NN1CCOCC1. The first-order chi connectivity index (χ1) is 5.86. The third-order valence-electron chi connectivity index (χ3n) is 1.58. The highest BCUT2D eigenvalue weighted by atomic mass is 16.5. The molecule has 0 aromatic heterocycles. The average molecular weight is 166 g/mol. The van der Waals surface area contributed by atoms with Crippen LogP contribution in [-0.4, -0.2) is 37.4 Å². The second kappa shape index (κ2) is 4.68. The Kier molecular flexibility index (Phi) is 3.49. The highest BCUT2D eigenvalue weighted by molar-refractivity contribution is 5.05. The molecule has 1 N–H and O–H groups in total. The topological polar surface area (TPSA) is 72.1 Å². The minimum atomic E-state index is -0.747. The van der Waals surface area contributed by atoms with E-state index in [2.05, 4.69) is 5.43 Å². The number of nitriles is 2. The lowest BCUT2D eigenvalue weighted by Crippen LogP contribution is -2.49. The van der Waals surface area contributed by atoms with Crippen LogP contribution in [0, 0.1) is 22.7 Å². The van der Waals surface area contributed by atoms with Crippen molar-refractivity contribution in [2.75, 3.05) is 26.3 Å². The fourth-order valence-electron chi connectivity index (χ4n) is 0.962. The summed E-state index contributed by atoms with van der Waals surface area (Å²) in [6.07, 6.45) is 0. The summed E-state index contributed by atoms with van der Waals surface area (Å²) in [5.74, 6) is 0. The molecular formula is C7H10N4O. The maximum Gasteiger partial charge on any atom is 0.195 e. The van der Waals surface area contributed by atoms with E-state index in [9.17, 15) is 0 Å². The van der Waals surface area contributed by atoms with Crippen molar-refractivity contribution in [1.29, 1.82) is 10.5 Å². The Morgan fingerprint density at radius 2 is 1.83 bits per heavy atom. The van der Waals surface area contributed by atoms with Gasteiger partial charge in [-0.15, -0.1) is 0 Å². The zero-order valence-corrected chi connectivity index (χ0v) is 6.66. The van der Waals surface area contributed by atoms with Gasteiger partial charge in [-0.05, 0) is 0 Å². The van der Waals surface area contributed by atoms with E-state index in [1.165, 1.54) is 0 Å². The molecule has 1 heterocycles. The van der Waals surface area contributed by atoms with Gasteiger partial charge in [0.25, 0.3) is 0 Å². The highest BCUT2D eigenvalue weighted by Crippen LogP contribution is 1.93. The lowest BCUT2D eigenvalue weighted by molar-refractivity contribution is 0.0110. The lowest BCUT2D eigenvalue weighted by Gasteiger charge is -2.27. The van der Waals surface area contributed by atoms with Crippen LogP contribution in [0.1, 0.15) is 0 Å². The maximum atomic E-state index is 8.46. The largest absolute Gasteiger partial charge is 0.379 e. The molecule has 1 aliphatic heterocycles. The van der Waals surface area contributed by atoms with E-state index in [1.807, 2.05) is 17.1 Å². The van der Waals surface area contributed by atoms with Crippen LogP contribution in [0.25, 0.3) is 0 Å². The fraction of sp³-hybridized carbons (Fsp3) is 0.714. The Hall–Kier alpha value is -1.14. The number of hydrazine groups is 1. The van der Waals surface area contributed by atoms with Crippen LogP contribution in [0.4, 0.5) is 0 Å². The molecule has 0 spiro atoms. The number of hydrogen-bond donors (Lipinski definition) is 1. The van der Waals surface area contributed by atoms with Crippen molar-refractivity contribution in [1.82, 2.24) is 10.4 Å². The van der Waals surface area contributed by atoms with Gasteiger partial charge in [0.2, 0.25) is 0 Å². The maximum absolute atomic E-state index is 8.46. The summed E-state index contributed by atoms with van der Waals surface area (Å²) in [6, 6.07) is 2.94. The number of nitrogens with one attached hydrogen (secondary N) is 1. The van der Waals surface area contributed by atoms with Crippen LogP contribution in [0.15, 0.2) is 0 Å². The van der Waals surface area contributed by atoms with Crippen molar-refractivity contribution in [2.45, 2.75) is 6.04 Å². The van der Waals surface area contributed by atoms with Gasteiger partial charge >= 0.3 is 0 Å². The first kappa shape index (κ1) is 8.95. The summed E-state index contributed by atoms with van der Waals surface area (Å²) >= 11 is 0. The van der Waals surface area contributed by atoms with Gasteiger partial charge in [-0.25, -0.2) is 10.4 Å². The summed E-state index contributed by atoms with van der Waals surface area (Å²) in [5, 5.41) is 18.8. The standard InChI is InChI=1S/C7H10N4O/c8-5-7(6-9)10-11-1-3-12-4-2-11/h7,10H,1-4H2. The summed E-state index contributed by atoms with van der Waals surface area (Å²) in [7, 11) is 0. The average Bonchev–Trinajstić information content (AvgIpc) is 2.16. The van der Waals surface area contributed by atoms with Gasteiger partial charge in [0.05, 0.1) is 25.4 Å². The number of nitrogens with zero attached hydrogens (tertiary/aromatic N) is 3. The summed E-state index contributed by atoms with van der Waals surface area (Å²) < 4.78 is 5.10. The Balaban J connectivity index is 2.30. The van der Waals surface area contributed by atoms with Gasteiger partial charge in [-0.3, -0.25) is 0 Å². The molecule has 1 aliphatic rings. The second-order valence-corrected chi connectivity index (χ2v) is 2.42. The molecule has 0 aromatic rings. The van der Waals surface area contributed by atoms with Gasteiger partial charge in [0.15, 0.2) is 6.04 Å². The van der Waals surface area contributed by atoms with Gasteiger partial charge in [-0.1, -0.05) is 0 Å². The summed E-state index contributed by atoms with van der Waals surface area (Å²) in [5.41, 5.74) is 2.79. The Bertz CT molecular complexity index is 196. The molecule has 0 amide bonds. The summed E-state index contributed by atoms with van der Waals surface area (Å²) in [4.78, 5) is 0. The Morgan fingerprint density at radius 3 is 2.33 bits per heavy atom. The molecule has 1 saturated heterocycles. The summed E-state index contributed by atoms with van der Waals surface area (Å²) in [6.45, 7) is 2.74. The van der Waals surface area contributed by atoms with Crippen LogP contribution in [0.5, 0.6) is 0 Å². The van der Waals surface area contributed by atoms with Crippen LogP contribution < -0.4 is 5.43 Å². The van der Waals surface area contributed by atoms with Crippen molar-refractivity contribution in [3.8, 4) is 12.1 Å². The van der Waals surface area contributed by atoms with Gasteiger partial charge in [-0.2, -0.15) is 10.5 Å². The smallest absolute Gasteiger partial charge is 0.195 e. The van der Waals surface area contributed by atoms with Gasteiger partial charge in [0, 0.05) is 13.1 Å². The highest BCUT2D eigenvalue weighted by Gasteiger charge is 2.13. The predicted molar refractivity (Wildman–Crippen MR) is 40.5 cm³/mol. The second-order valence-electron chi connectivity index (χ2n) is 2.42. The molecule has 0 unspecified atom stereocenters. The van der Waals surface area contributed by atoms with Crippen molar-refractivity contribution in [3.05, 3.63) is 0 Å². The monoisotopic (exact) mass is 166 g/mol. The molecular weight excluding hydrogens is 156 g/mol. The van der Waals surface area contributed by atoms with Gasteiger partial charge < -0.3 is 4.74 Å². The van der Waals surface area contributed by atoms with Gasteiger partial charge in [0.1, 0.15) is 0 Å². The molecule has 0 atom stereocenters. The van der Waals surface area contributed by atoms with E-state index in [1.54, 1.807) is 0 Å².